The van der Waals surface area contributed by atoms with Gasteiger partial charge in [-0.3, -0.25) is 0 Å². The third-order valence-corrected chi connectivity index (χ3v) is 12.8. The first-order chi connectivity index (χ1) is 33.5. The molecule has 0 aliphatic rings. The molecule has 0 fully saturated rings. The highest BCUT2D eigenvalue weighted by molar-refractivity contribution is 6.07. The van der Waals surface area contributed by atoms with Crippen molar-refractivity contribution in [2.24, 2.45) is 0 Å². The fourth-order valence-corrected chi connectivity index (χ4v) is 9.38. The molecule has 0 radical (unpaired) electrons. The zero-order chi connectivity index (χ0) is 45.6. The molecule has 0 saturated heterocycles. The van der Waals surface area contributed by atoms with Gasteiger partial charge in [0.15, 0.2) is 0 Å². The van der Waals surface area contributed by atoms with E-state index < -0.39 is 0 Å². The third kappa shape index (κ3) is 7.36. The summed E-state index contributed by atoms with van der Waals surface area (Å²) >= 11 is 0. The van der Waals surface area contributed by atoms with Crippen LogP contribution in [0, 0.1) is 0 Å². The van der Waals surface area contributed by atoms with Crippen LogP contribution >= 0.6 is 0 Å². The normalized spacial score (nSPS) is 11.4. The largest absolute Gasteiger partial charge is 0.422 e. The average Bonchev–Trinajstić information content (AvgIpc) is 3.40. The summed E-state index contributed by atoms with van der Waals surface area (Å²) in [7, 11) is 0. The van der Waals surface area contributed by atoms with Crippen molar-refractivity contribution < 1.29 is 8.83 Å². The molecule has 0 N–H and O–H groups in total. The van der Waals surface area contributed by atoms with Crippen LogP contribution in [0.2, 0.25) is 0 Å². The Hall–Kier alpha value is -9.26. The lowest BCUT2D eigenvalue weighted by molar-refractivity contribution is 0.563. The molecule has 6 heteroatoms. The van der Waals surface area contributed by atoms with Gasteiger partial charge in [-0.1, -0.05) is 146 Å². The van der Waals surface area contributed by atoms with Crippen molar-refractivity contribution in [1.82, 2.24) is 0 Å². The predicted molar refractivity (Wildman–Crippen MR) is 279 cm³/mol. The maximum absolute atomic E-state index is 13.3. The fourth-order valence-electron chi connectivity index (χ4n) is 9.38. The van der Waals surface area contributed by atoms with Gasteiger partial charge in [-0.2, -0.15) is 0 Å². The van der Waals surface area contributed by atoms with Gasteiger partial charge in [0.05, 0.1) is 11.1 Å². The van der Waals surface area contributed by atoms with E-state index in [0.29, 0.717) is 22.3 Å². The fraction of sp³-hybridized carbons (Fsp3) is 0. The second kappa shape index (κ2) is 16.9. The van der Waals surface area contributed by atoms with Gasteiger partial charge in [-0.25, -0.2) is 9.59 Å². The monoisotopic (exact) mass is 876 g/mol. The zero-order valence-electron chi connectivity index (χ0n) is 36.6. The number of nitrogens with zero attached hydrogens (tertiary/aromatic N) is 2. The summed E-state index contributed by atoms with van der Waals surface area (Å²) < 4.78 is 11.7. The predicted octanol–water partition coefficient (Wildman–Crippen LogP) is 16.1. The van der Waals surface area contributed by atoms with E-state index in [1.54, 1.807) is 0 Å². The highest BCUT2D eigenvalue weighted by Gasteiger charge is 2.18. The molecule has 0 bridgehead atoms. The summed E-state index contributed by atoms with van der Waals surface area (Å²) in [5, 5.41) is 6.09. The van der Waals surface area contributed by atoms with Crippen LogP contribution in [0.3, 0.4) is 0 Å². The van der Waals surface area contributed by atoms with E-state index >= 15 is 0 Å². The molecule has 2 aromatic heterocycles. The van der Waals surface area contributed by atoms with E-state index in [2.05, 4.69) is 131 Å². The number of fused-ring (bicyclic) bond motifs is 6. The van der Waals surface area contributed by atoms with Crippen molar-refractivity contribution in [3.05, 3.63) is 263 Å². The molecular weight excluding hydrogens is 837 g/mol. The lowest BCUT2D eigenvalue weighted by Gasteiger charge is -2.26. The van der Waals surface area contributed by atoms with Crippen LogP contribution < -0.4 is 21.1 Å². The topological polar surface area (TPSA) is 66.9 Å². The molecule has 0 aliphatic carbocycles. The van der Waals surface area contributed by atoms with E-state index in [9.17, 15) is 9.59 Å². The van der Waals surface area contributed by atoms with Crippen molar-refractivity contribution in [1.29, 1.82) is 0 Å². The van der Waals surface area contributed by atoms with Crippen LogP contribution in [-0.4, -0.2) is 0 Å². The highest BCUT2D eigenvalue weighted by Crippen LogP contribution is 2.40. The second-order valence-electron chi connectivity index (χ2n) is 16.8. The van der Waals surface area contributed by atoms with Gasteiger partial charge in [-0.15, -0.1) is 0 Å². The van der Waals surface area contributed by atoms with Crippen molar-refractivity contribution in [2.75, 3.05) is 9.80 Å². The molecule has 0 unspecified atom stereocenters. The molecule has 12 aromatic rings. The van der Waals surface area contributed by atoms with Crippen LogP contribution in [0.1, 0.15) is 0 Å². The van der Waals surface area contributed by atoms with Gasteiger partial charge < -0.3 is 18.6 Å². The average molecular weight is 877 g/mol. The number of anilines is 6. The van der Waals surface area contributed by atoms with Crippen LogP contribution in [0.5, 0.6) is 0 Å². The van der Waals surface area contributed by atoms with E-state index in [1.165, 1.54) is 0 Å². The van der Waals surface area contributed by atoms with Crippen LogP contribution in [0.15, 0.2) is 261 Å². The summed E-state index contributed by atoms with van der Waals surface area (Å²) in [6, 6.07) is 81.8. The van der Waals surface area contributed by atoms with Gasteiger partial charge >= 0.3 is 11.3 Å². The summed E-state index contributed by atoms with van der Waals surface area (Å²) in [4.78, 5) is 31.0. The zero-order valence-corrected chi connectivity index (χ0v) is 36.6. The minimum Gasteiger partial charge on any atom is -0.422 e. The summed E-state index contributed by atoms with van der Waals surface area (Å²) in [5.41, 5.74) is 11.1. The van der Waals surface area contributed by atoms with Crippen LogP contribution in [0.4, 0.5) is 34.1 Å². The van der Waals surface area contributed by atoms with Crippen LogP contribution in [0.25, 0.3) is 76.9 Å². The molecule has 68 heavy (non-hydrogen) atoms. The maximum atomic E-state index is 13.3. The van der Waals surface area contributed by atoms with Gasteiger partial charge in [0.1, 0.15) is 11.2 Å². The van der Waals surface area contributed by atoms with Crippen molar-refractivity contribution in [3.8, 4) is 33.4 Å². The van der Waals surface area contributed by atoms with E-state index in [-0.39, 0.29) is 11.3 Å². The Morgan fingerprint density at radius 2 is 0.574 bits per heavy atom. The lowest BCUT2D eigenvalue weighted by atomic mass is 10.0. The first kappa shape index (κ1) is 40.3. The number of para-hydroxylation sites is 2. The SMILES string of the molecule is O=c1oc2ccc3ccccc3c2cc1-c1ccc(N(c2ccccc2)c2ccc(-c3ccc(N(c4ccccc4)c4ccc(-c5cc6c(ccc7ccccc76)oc5=O)cc4)cc3)cc2)cc1. The van der Waals surface area contributed by atoms with Crippen LogP contribution in [-0.2, 0) is 0 Å². The highest BCUT2D eigenvalue weighted by atomic mass is 16.4. The standard InChI is InChI=1S/C62H40N2O4/c65-61-55(39-57-53-17-9-7-11-43(53)27-37-59(57)67-61)45-23-33-51(34-24-45)63(47-13-3-1-4-14-47)49-29-19-41(20-30-49)42-21-31-50(32-22-42)64(48-15-5-2-6-16-48)52-35-25-46(26-36-52)56-40-58-54-18-10-8-12-44(54)28-38-60(58)68-62(56)66/h1-40H. The Bertz CT molecular complexity index is 3660. The number of rotatable bonds is 9. The summed E-state index contributed by atoms with van der Waals surface area (Å²) in [6.45, 7) is 0. The molecule has 0 aliphatic heterocycles. The Morgan fingerprint density at radius 3 is 0.941 bits per heavy atom. The van der Waals surface area contributed by atoms with Gasteiger partial charge in [0, 0.05) is 44.9 Å². The molecule has 0 spiro atoms. The molecule has 6 nitrogen and oxygen atoms in total. The first-order valence-electron chi connectivity index (χ1n) is 22.6. The molecule has 0 amide bonds. The first-order valence-corrected chi connectivity index (χ1v) is 22.6. The van der Waals surface area contributed by atoms with Crippen molar-refractivity contribution in [2.45, 2.75) is 0 Å². The van der Waals surface area contributed by atoms with Crippen molar-refractivity contribution >= 4 is 77.6 Å². The lowest BCUT2D eigenvalue weighted by Crippen LogP contribution is -2.10. The molecule has 322 valence electrons. The van der Waals surface area contributed by atoms with Gasteiger partial charge in [-0.05, 0) is 141 Å². The summed E-state index contributed by atoms with van der Waals surface area (Å²) in [5.74, 6) is 0. The van der Waals surface area contributed by atoms with E-state index in [0.717, 1.165) is 88.7 Å². The Balaban J connectivity index is 0.832. The smallest absolute Gasteiger partial charge is 0.344 e. The molecule has 2 heterocycles. The minimum absolute atomic E-state index is 0.366. The molecule has 0 saturated carbocycles. The maximum Gasteiger partial charge on any atom is 0.344 e. The molecular formula is C62H40N2O4. The Kier molecular flexibility index (Phi) is 10.0. The molecule has 12 rings (SSSR count). The number of hydrogen-bond donors (Lipinski definition) is 0. The van der Waals surface area contributed by atoms with Gasteiger partial charge in [0.25, 0.3) is 0 Å². The molecule has 0 atom stereocenters. The Labute approximate surface area is 391 Å². The van der Waals surface area contributed by atoms with Gasteiger partial charge in [0.2, 0.25) is 0 Å². The van der Waals surface area contributed by atoms with Crippen molar-refractivity contribution in [3.63, 3.8) is 0 Å². The van der Waals surface area contributed by atoms with E-state index in [4.69, 9.17) is 8.83 Å². The third-order valence-electron chi connectivity index (χ3n) is 12.8. The summed E-state index contributed by atoms with van der Waals surface area (Å²) in [6.07, 6.45) is 0. The quantitative estimate of drug-likeness (QED) is 0.106. The van der Waals surface area contributed by atoms with E-state index in [1.807, 2.05) is 121 Å². The Morgan fingerprint density at radius 1 is 0.265 bits per heavy atom. The minimum atomic E-state index is -0.366. The number of benzene rings is 10. The second-order valence-corrected chi connectivity index (χ2v) is 16.8. The number of hydrogen-bond acceptors (Lipinski definition) is 6. The molecule has 10 aromatic carbocycles.